The van der Waals surface area contributed by atoms with E-state index in [0.717, 1.165) is 19.3 Å². The first kappa shape index (κ1) is 12.5. The molecule has 0 aromatic carbocycles. The van der Waals surface area contributed by atoms with Crippen molar-refractivity contribution in [2.75, 3.05) is 0 Å². The Labute approximate surface area is 94.3 Å². The number of unbranched alkanes of at least 4 members (excludes halogenated alkanes) is 2. The molecule has 0 aliphatic heterocycles. The molecule has 0 bridgehead atoms. The van der Waals surface area contributed by atoms with Gasteiger partial charge in [-0.2, -0.15) is 0 Å². The summed E-state index contributed by atoms with van der Waals surface area (Å²) < 4.78 is 0. The minimum atomic E-state index is -1.15. The smallest absolute Gasteiger partial charge is 0.341 e. The molecule has 4 heteroatoms. The normalized spacial score (nSPS) is 10.4. The van der Waals surface area contributed by atoms with Crippen LogP contribution in [0.1, 0.15) is 47.9 Å². The van der Waals surface area contributed by atoms with Crippen molar-refractivity contribution in [1.82, 2.24) is 4.98 Å². The highest BCUT2D eigenvalue weighted by Gasteiger charge is 2.14. The van der Waals surface area contributed by atoms with E-state index in [1.54, 1.807) is 6.92 Å². The second-order valence-corrected chi connectivity index (χ2v) is 3.93. The Kier molecular flexibility index (Phi) is 4.28. The molecule has 1 rings (SSSR count). The molecule has 1 aromatic heterocycles. The maximum atomic E-state index is 11.5. The van der Waals surface area contributed by atoms with E-state index < -0.39 is 11.4 Å². The molecule has 16 heavy (non-hydrogen) atoms. The third kappa shape index (κ3) is 2.95. The van der Waals surface area contributed by atoms with Gasteiger partial charge < -0.3 is 10.1 Å². The molecule has 0 aliphatic rings. The Morgan fingerprint density at radius 3 is 2.69 bits per heavy atom. The molecular weight excluding hydrogens is 206 g/mol. The molecule has 88 valence electrons. The van der Waals surface area contributed by atoms with Crippen LogP contribution in [0.2, 0.25) is 0 Å². The topological polar surface area (TPSA) is 70.2 Å². The van der Waals surface area contributed by atoms with E-state index in [1.807, 2.05) is 0 Å². The number of H-pyrrole nitrogens is 1. The van der Waals surface area contributed by atoms with Crippen LogP contribution in [0.5, 0.6) is 0 Å². The third-order valence-corrected chi connectivity index (χ3v) is 2.49. The molecule has 0 radical (unpaired) electrons. The molecule has 0 saturated carbocycles. The van der Waals surface area contributed by atoms with E-state index in [-0.39, 0.29) is 5.56 Å². The first-order valence-electron chi connectivity index (χ1n) is 5.52. The summed E-state index contributed by atoms with van der Waals surface area (Å²) in [5.41, 5.74) is 0.740. The minimum absolute atomic E-state index is 0.110. The Hall–Kier alpha value is -1.58. The molecule has 0 saturated heterocycles. The van der Waals surface area contributed by atoms with E-state index in [9.17, 15) is 9.59 Å². The third-order valence-electron chi connectivity index (χ3n) is 2.49. The molecule has 0 atom stereocenters. The standard InChI is InChI=1S/C12H17NO3/c1-3-4-5-6-9-11(12(15)16)10(14)7-8(2)13-9/h7H,3-6H2,1-2H3,(H,13,14)(H,15,16). The number of rotatable bonds is 5. The van der Waals surface area contributed by atoms with Crippen LogP contribution in [0.4, 0.5) is 0 Å². The van der Waals surface area contributed by atoms with Gasteiger partial charge in [-0.1, -0.05) is 19.8 Å². The van der Waals surface area contributed by atoms with Gasteiger partial charge in [0.25, 0.3) is 0 Å². The number of pyridine rings is 1. The number of hydrogen-bond acceptors (Lipinski definition) is 2. The molecule has 1 aromatic rings. The van der Waals surface area contributed by atoms with Crippen LogP contribution in [0.3, 0.4) is 0 Å². The summed E-state index contributed by atoms with van der Waals surface area (Å²) in [6, 6.07) is 1.33. The predicted molar refractivity (Wildman–Crippen MR) is 62.0 cm³/mol. The van der Waals surface area contributed by atoms with Crippen molar-refractivity contribution in [2.45, 2.75) is 39.5 Å². The number of hydrogen-bond donors (Lipinski definition) is 2. The summed E-state index contributed by atoms with van der Waals surface area (Å²) in [7, 11) is 0. The van der Waals surface area contributed by atoms with Crippen molar-refractivity contribution in [3.8, 4) is 0 Å². The van der Waals surface area contributed by atoms with E-state index in [2.05, 4.69) is 11.9 Å². The summed E-state index contributed by atoms with van der Waals surface area (Å²) >= 11 is 0. The number of carboxylic acid groups (broad SMARTS) is 1. The van der Waals surface area contributed by atoms with Crippen molar-refractivity contribution in [3.05, 3.63) is 33.2 Å². The average Bonchev–Trinajstić information content (AvgIpc) is 2.16. The fourth-order valence-electron chi connectivity index (χ4n) is 1.73. The number of carbonyl (C=O) groups is 1. The summed E-state index contributed by atoms with van der Waals surface area (Å²) in [6.07, 6.45) is 3.62. The van der Waals surface area contributed by atoms with Gasteiger partial charge in [0.05, 0.1) is 0 Å². The van der Waals surface area contributed by atoms with E-state index in [4.69, 9.17) is 5.11 Å². The lowest BCUT2D eigenvalue weighted by Crippen LogP contribution is -2.19. The minimum Gasteiger partial charge on any atom is -0.477 e. The van der Waals surface area contributed by atoms with Crippen molar-refractivity contribution < 1.29 is 9.90 Å². The van der Waals surface area contributed by atoms with Gasteiger partial charge >= 0.3 is 5.97 Å². The molecule has 1 heterocycles. The first-order valence-corrected chi connectivity index (χ1v) is 5.52. The van der Waals surface area contributed by atoms with E-state index in [0.29, 0.717) is 17.8 Å². The van der Waals surface area contributed by atoms with Crippen molar-refractivity contribution >= 4 is 5.97 Å². The number of aromatic carboxylic acids is 1. The SMILES string of the molecule is CCCCCc1[nH]c(C)cc(=O)c1C(=O)O. The molecule has 0 aliphatic carbocycles. The highest BCUT2D eigenvalue weighted by molar-refractivity contribution is 5.88. The molecule has 0 spiro atoms. The second kappa shape index (κ2) is 5.49. The lowest BCUT2D eigenvalue weighted by atomic mass is 10.1. The van der Waals surface area contributed by atoms with Gasteiger partial charge in [0.1, 0.15) is 5.56 Å². The van der Waals surface area contributed by atoms with Gasteiger partial charge in [0.2, 0.25) is 0 Å². The first-order chi connectivity index (χ1) is 7.56. The number of aromatic amines is 1. The van der Waals surface area contributed by atoms with Gasteiger partial charge in [0.15, 0.2) is 5.43 Å². The zero-order valence-corrected chi connectivity index (χ0v) is 9.67. The van der Waals surface area contributed by atoms with Crippen molar-refractivity contribution in [1.29, 1.82) is 0 Å². The largest absolute Gasteiger partial charge is 0.477 e. The van der Waals surface area contributed by atoms with Crippen molar-refractivity contribution in [3.63, 3.8) is 0 Å². The van der Waals surface area contributed by atoms with Crippen LogP contribution in [-0.4, -0.2) is 16.1 Å². The number of nitrogens with one attached hydrogen (secondary N) is 1. The summed E-state index contributed by atoms with van der Waals surface area (Å²) in [5.74, 6) is -1.15. The molecule has 0 unspecified atom stereocenters. The lowest BCUT2D eigenvalue weighted by molar-refractivity contribution is 0.0693. The Balaban J connectivity index is 3.04. The number of aromatic nitrogens is 1. The van der Waals surface area contributed by atoms with Crippen LogP contribution in [-0.2, 0) is 6.42 Å². The zero-order chi connectivity index (χ0) is 12.1. The molecule has 0 fully saturated rings. The fraction of sp³-hybridized carbons (Fsp3) is 0.500. The van der Waals surface area contributed by atoms with Gasteiger partial charge in [0, 0.05) is 17.5 Å². The quantitative estimate of drug-likeness (QED) is 0.751. The van der Waals surface area contributed by atoms with Crippen LogP contribution < -0.4 is 5.43 Å². The molecular formula is C12H17NO3. The molecule has 4 nitrogen and oxygen atoms in total. The molecule has 2 N–H and O–H groups in total. The summed E-state index contributed by atoms with van der Waals surface area (Å²) in [5, 5.41) is 8.97. The second-order valence-electron chi connectivity index (χ2n) is 3.93. The van der Waals surface area contributed by atoms with Crippen LogP contribution in [0, 0.1) is 6.92 Å². The maximum Gasteiger partial charge on any atom is 0.341 e. The zero-order valence-electron chi connectivity index (χ0n) is 9.67. The number of carboxylic acids is 1. The summed E-state index contributed by atoms with van der Waals surface area (Å²) in [4.78, 5) is 25.5. The monoisotopic (exact) mass is 223 g/mol. The highest BCUT2D eigenvalue weighted by atomic mass is 16.4. The lowest BCUT2D eigenvalue weighted by Gasteiger charge is -2.06. The highest BCUT2D eigenvalue weighted by Crippen LogP contribution is 2.08. The van der Waals surface area contributed by atoms with Gasteiger partial charge in [-0.25, -0.2) is 4.79 Å². The van der Waals surface area contributed by atoms with Gasteiger partial charge in [-0.15, -0.1) is 0 Å². The maximum absolute atomic E-state index is 11.5. The summed E-state index contributed by atoms with van der Waals surface area (Å²) in [6.45, 7) is 3.84. The fourth-order valence-corrected chi connectivity index (χ4v) is 1.73. The Morgan fingerprint density at radius 2 is 2.12 bits per heavy atom. The van der Waals surface area contributed by atoms with Crippen LogP contribution in [0.15, 0.2) is 10.9 Å². The van der Waals surface area contributed by atoms with E-state index in [1.165, 1.54) is 6.07 Å². The Bertz CT molecular complexity index is 434. The van der Waals surface area contributed by atoms with Crippen molar-refractivity contribution in [2.24, 2.45) is 0 Å². The van der Waals surface area contributed by atoms with Gasteiger partial charge in [-0.3, -0.25) is 4.79 Å². The molecule has 0 amide bonds. The van der Waals surface area contributed by atoms with Crippen LogP contribution in [0.25, 0.3) is 0 Å². The van der Waals surface area contributed by atoms with E-state index >= 15 is 0 Å². The Morgan fingerprint density at radius 1 is 1.44 bits per heavy atom. The average molecular weight is 223 g/mol. The number of aryl methyl sites for hydroxylation is 2. The predicted octanol–water partition coefficient (Wildman–Crippen LogP) is 2.11. The van der Waals surface area contributed by atoms with Crippen LogP contribution >= 0.6 is 0 Å². The van der Waals surface area contributed by atoms with Gasteiger partial charge in [-0.05, 0) is 19.8 Å².